The molecule has 1 rings (SSSR count). The van der Waals surface area contributed by atoms with E-state index < -0.39 is 5.91 Å². The lowest BCUT2D eigenvalue weighted by Crippen LogP contribution is -2.21. The molecule has 3 N–H and O–H groups in total. The van der Waals surface area contributed by atoms with Crippen LogP contribution in [0.4, 0.5) is 5.69 Å². The summed E-state index contributed by atoms with van der Waals surface area (Å²) in [4.78, 5) is 10.5. The summed E-state index contributed by atoms with van der Waals surface area (Å²) in [6.07, 6.45) is 0. The number of nitrogens with one attached hydrogen (secondary N) is 1. The van der Waals surface area contributed by atoms with Gasteiger partial charge < -0.3 is 11.1 Å². The van der Waals surface area contributed by atoms with Crippen molar-refractivity contribution in [1.29, 1.82) is 5.26 Å². The number of primary amides is 1. The SMILES string of the molecule is Cc1cc(NCC(N)=O)ccc1C#N. The second-order valence-electron chi connectivity index (χ2n) is 2.96. The van der Waals surface area contributed by atoms with E-state index in [1.807, 2.05) is 13.0 Å². The normalized spacial score (nSPS) is 9.14. The highest BCUT2D eigenvalue weighted by molar-refractivity contribution is 5.78. The molecule has 0 heterocycles. The average Bonchev–Trinajstić information content (AvgIpc) is 2.15. The Bertz CT molecular complexity index is 393. The quantitative estimate of drug-likeness (QED) is 0.736. The molecule has 4 nitrogen and oxygen atoms in total. The van der Waals surface area contributed by atoms with E-state index in [1.54, 1.807) is 12.1 Å². The number of hydrogen-bond acceptors (Lipinski definition) is 3. The van der Waals surface area contributed by atoms with Gasteiger partial charge in [0.15, 0.2) is 0 Å². The monoisotopic (exact) mass is 189 g/mol. The van der Waals surface area contributed by atoms with Gasteiger partial charge >= 0.3 is 0 Å². The summed E-state index contributed by atoms with van der Waals surface area (Å²) in [5.74, 6) is -0.410. The minimum absolute atomic E-state index is 0.103. The lowest BCUT2D eigenvalue weighted by molar-refractivity contribution is -0.116. The number of aryl methyl sites for hydroxylation is 1. The molecule has 1 aromatic carbocycles. The maximum absolute atomic E-state index is 10.5. The molecular formula is C10H11N3O. The Kier molecular flexibility index (Phi) is 3.08. The number of carbonyl (C=O) groups excluding carboxylic acids is 1. The van der Waals surface area contributed by atoms with E-state index in [4.69, 9.17) is 11.0 Å². The van der Waals surface area contributed by atoms with Crippen molar-refractivity contribution in [2.45, 2.75) is 6.92 Å². The standard InChI is InChI=1S/C10H11N3O/c1-7-4-9(13-6-10(12)14)3-2-8(7)5-11/h2-4,13H,6H2,1H3,(H2,12,14). The smallest absolute Gasteiger partial charge is 0.236 e. The number of hydrogen-bond donors (Lipinski definition) is 2. The number of benzene rings is 1. The van der Waals surface area contributed by atoms with Crippen LogP contribution in [0.1, 0.15) is 11.1 Å². The number of rotatable bonds is 3. The van der Waals surface area contributed by atoms with Crippen LogP contribution in [-0.4, -0.2) is 12.5 Å². The predicted molar refractivity (Wildman–Crippen MR) is 53.6 cm³/mol. The summed E-state index contributed by atoms with van der Waals surface area (Å²) >= 11 is 0. The minimum Gasteiger partial charge on any atom is -0.376 e. The van der Waals surface area contributed by atoms with Crippen molar-refractivity contribution in [3.05, 3.63) is 29.3 Å². The Morgan fingerprint density at radius 2 is 2.36 bits per heavy atom. The predicted octanol–water partition coefficient (Wildman–Crippen LogP) is 0.764. The molecule has 72 valence electrons. The number of anilines is 1. The third-order valence-corrected chi connectivity index (χ3v) is 1.81. The van der Waals surface area contributed by atoms with Gasteiger partial charge in [-0.25, -0.2) is 0 Å². The zero-order chi connectivity index (χ0) is 10.6. The first-order chi connectivity index (χ1) is 6.63. The van der Waals surface area contributed by atoms with Crippen molar-refractivity contribution >= 4 is 11.6 Å². The summed E-state index contributed by atoms with van der Waals surface area (Å²) in [6.45, 7) is 1.94. The van der Waals surface area contributed by atoms with Crippen LogP contribution in [0.25, 0.3) is 0 Å². The highest BCUT2D eigenvalue weighted by atomic mass is 16.1. The number of nitrogens with zero attached hydrogens (tertiary/aromatic N) is 1. The molecule has 1 aromatic rings. The first-order valence-corrected chi connectivity index (χ1v) is 4.16. The fraction of sp³-hybridized carbons (Fsp3) is 0.200. The van der Waals surface area contributed by atoms with Crippen LogP contribution < -0.4 is 11.1 Å². The van der Waals surface area contributed by atoms with E-state index in [1.165, 1.54) is 0 Å². The lowest BCUT2D eigenvalue weighted by Gasteiger charge is -2.05. The molecule has 0 aliphatic carbocycles. The molecule has 0 atom stereocenters. The van der Waals surface area contributed by atoms with Gasteiger partial charge in [-0.05, 0) is 30.7 Å². The van der Waals surface area contributed by atoms with E-state index in [0.29, 0.717) is 5.56 Å². The van der Waals surface area contributed by atoms with Crippen molar-refractivity contribution in [3.63, 3.8) is 0 Å². The summed E-state index contributed by atoms with van der Waals surface area (Å²) in [7, 11) is 0. The molecular weight excluding hydrogens is 178 g/mol. The van der Waals surface area contributed by atoms with Crippen molar-refractivity contribution in [3.8, 4) is 6.07 Å². The molecule has 0 aliphatic rings. The van der Waals surface area contributed by atoms with Crippen LogP contribution in [0, 0.1) is 18.3 Å². The van der Waals surface area contributed by atoms with Crippen LogP contribution in [-0.2, 0) is 4.79 Å². The molecule has 0 aliphatic heterocycles. The molecule has 14 heavy (non-hydrogen) atoms. The Hall–Kier alpha value is -2.02. The van der Waals surface area contributed by atoms with Crippen molar-refractivity contribution in [2.75, 3.05) is 11.9 Å². The van der Waals surface area contributed by atoms with Gasteiger partial charge in [-0.15, -0.1) is 0 Å². The van der Waals surface area contributed by atoms with Gasteiger partial charge in [0.05, 0.1) is 18.2 Å². The van der Waals surface area contributed by atoms with Crippen molar-refractivity contribution in [2.24, 2.45) is 5.73 Å². The summed E-state index contributed by atoms with van der Waals surface area (Å²) < 4.78 is 0. The number of amides is 1. The molecule has 0 unspecified atom stereocenters. The fourth-order valence-electron chi connectivity index (χ4n) is 1.09. The summed E-state index contributed by atoms with van der Waals surface area (Å²) in [6, 6.07) is 7.33. The van der Waals surface area contributed by atoms with Gasteiger partial charge in [0.25, 0.3) is 0 Å². The fourth-order valence-corrected chi connectivity index (χ4v) is 1.09. The molecule has 0 bridgehead atoms. The van der Waals surface area contributed by atoms with E-state index >= 15 is 0 Å². The van der Waals surface area contributed by atoms with Gasteiger partial charge in [-0.2, -0.15) is 5.26 Å². The average molecular weight is 189 g/mol. The molecule has 0 aromatic heterocycles. The summed E-state index contributed by atoms with van der Waals surface area (Å²) in [5.41, 5.74) is 7.28. The maximum atomic E-state index is 10.5. The molecule has 0 saturated carbocycles. The molecule has 0 radical (unpaired) electrons. The third kappa shape index (κ3) is 2.49. The van der Waals surface area contributed by atoms with Crippen LogP contribution in [0.5, 0.6) is 0 Å². The van der Waals surface area contributed by atoms with Crippen LogP contribution in [0.15, 0.2) is 18.2 Å². The number of nitriles is 1. The first kappa shape index (κ1) is 10.1. The maximum Gasteiger partial charge on any atom is 0.236 e. The Morgan fingerprint density at radius 1 is 1.64 bits per heavy atom. The minimum atomic E-state index is -0.410. The second-order valence-corrected chi connectivity index (χ2v) is 2.96. The van der Waals surface area contributed by atoms with Crippen molar-refractivity contribution < 1.29 is 4.79 Å². The number of carbonyl (C=O) groups is 1. The lowest BCUT2D eigenvalue weighted by atomic mass is 10.1. The Labute approximate surface area is 82.3 Å². The van der Waals surface area contributed by atoms with Crippen LogP contribution >= 0.6 is 0 Å². The van der Waals surface area contributed by atoms with Crippen LogP contribution in [0.2, 0.25) is 0 Å². The number of nitrogens with two attached hydrogens (primary N) is 1. The first-order valence-electron chi connectivity index (χ1n) is 4.16. The highest BCUT2D eigenvalue weighted by Crippen LogP contribution is 2.13. The van der Waals surface area contributed by atoms with Crippen molar-refractivity contribution in [1.82, 2.24) is 0 Å². The van der Waals surface area contributed by atoms with Gasteiger partial charge in [0.1, 0.15) is 0 Å². The zero-order valence-corrected chi connectivity index (χ0v) is 7.87. The molecule has 1 amide bonds. The zero-order valence-electron chi connectivity index (χ0n) is 7.87. The third-order valence-electron chi connectivity index (χ3n) is 1.81. The largest absolute Gasteiger partial charge is 0.376 e. The van der Waals surface area contributed by atoms with Gasteiger partial charge in [-0.3, -0.25) is 4.79 Å². The van der Waals surface area contributed by atoms with E-state index in [0.717, 1.165) is 11.3 Å². The van der Waals surface area contributed by atoms with Gasteiger partial charge in [0.2, 0.25) is 5.91 Å². The van der Waals surface area contributed by atoms with Gasteiger partial charge in [-0.1, -0.05) is 0 Å². The van der Waals surface area contributed by atoms with E-state index in [-0.39, 0.29) is 6.54 Å². The van der Waals surface area contributed by atoms with E-state index in [9.17, 15) is 4.79 Å². The second kappa shape index (κ2) is 4.28. The van der Waals surface area contributed by atoms with Crippen LogP contribution in [0.3, 0.4) is 0 Å². The summed E-state index contributed by atoms with van der Waals surface area (Å²) in [5, 5.41) is 11.5. The molecule has 4 heteroatoms. The highest BCUT2D eigenvalue weighted by Gasteiger charge is 1.99. The molecule has 0 spiro atoms. The topological polar surface area (TPSA) is 78.9 Å². The molecule has 0 fully saturated rings. The Morgan fingerprint density at radius 3 is 2.86 bits per heavy atom. The van der Waals surface area contributed by atoms with Gasteiger partial charge in [0, 0.05) is 5.69 Å². The molecule has 0 saturated heterocycles. The van der Waals surface area contributed by atoms with E-state index in [2.05, 4.69) is 11.4 Å². The Balaban J connectivity index is 2.77.